The highest BCUT2D eigenvalue weighted by Gasteiger charge is 2.28. The summed E-state index contributed by atoms with van der Waals surface area (Å²) in [6.07, 6.45) is -4.47. The van der Waals surface area contributed by atoms with Crippen molar-refractivity contribution in [3.05, 3.63) is 23.8 Å². The van der Waals surface area contributed by atoms with Crippen LogP contribution in [-0.4, -0.2) is 31.0 Å². The van der Waals surface area contributed by atoms with E-state index >= 15 is 0 Å². The van der Waals surface area contributed by atoms with Crippen LogP contribution in [0.25, 0.3) is 0 Å². The van der Waals surface area contributed by atoms with Crippen LogP contribution < -0.4 is 9.47 Å². The summed E-state index contributed by atoms with van der Waals surface area (Å²) in [7, 11) is 1.26. The molecule has 0 unspecified atom stereocenters. The summed E-state index contributed by atoms with van der Waals surface area (Å²) in [6.45, 7) is -1.47. The summed E-state index contributed by atoms with van der Waals surface area (Å²) >= 11 is 0. The molecule has 0 saturated carbocycles. The lowest BCUT2D eigenvalue weighted by Gasteiger charge is -2.11. The highest BCUT2D eigenvalue weighted by molar-refractivity contribution is 5.91. The molecule has 0 saturated heterocycles. The molecule has 0 radical (unpaired) electrons. The van der Waals surface area contributed by atoms with Gasteiger partial charge < -0.3 is 14.6 Å². The molecule has 94 valence electrons. The second-order valence-corrected chi connectivity index (χ2v) is 3.07. The van der Waals surface area contributed by atoms with Crippen molar-refractivity contribution >= 4 is 5.97 Å². The van der Waals surface area contributed by atoms with E-state index in [0.29, 0.717) is 0 Å². The Morgan fingerprint density at radius 1 is 1.41 bits per heavy atom. The standard InChI is InChI=1S/C10H9F3O4/c1-16-8-3-2-6(4-7(8)9(14)15)17-5-10(11,12)13/h2-4H,5H2,1H3,(H,14,15). The first-order chi connectivity index (χ1) is 7.83. The van der Waals surface area contributed by atoms with Crippen LogP contribution >= 0.6 is 0 Å². The predicted octanol–water partition coefficient (Wildman–Crippen LogP) is 2.33. The first kappa shape index (κ1) is 13.1. The molecule has 4 nitrogen and oxygen atoms in total. The Labute approximate surface area is 94.6 Å². The third-order valence-electron chi connectivity index (χ3n) is 1.80. The van der Waals surface area contributed by atoms with Crippen molar-refractivity contribution in [2.45, 2.75) is 6.18 Å². The second kappa shape index (κ2) is 4.94. The van der Waals surface area contributed by atoms with Crippen molar-refractivity contribution in [3.8, 4) is 11.5 Å². The van der Waals surface area contributed by atoms with Crippen molar-refractivity contribution in [1.29, 1.82) is 0 Å². The molecular weight excluding hydrogens is 241 g/mol. The van der Waals surface area contributed by atoms with Gasteiger partial charge in [-0.3, -0.25) is 0 Å². The maximum absolute atomic E-state index is 11.9. The van der Waals surface area contributed by atoms with Crippen LogP contribution in [0.5, 0.6) is 11.5 Å². The van der Waals surface area contributed by atoms with Gasteiger partial charge in [-0.05, 0) is 18.2 Å². The number of benzene rings is 1. The molecule has 7 heteroatoms. The van der Waals surface area contributed by atoms with E-state index in [4.69, 9.17) is 9.84 Å². The minimum Gasteiger partial charge on any atom is -0.496 e. The fourth-order valence-corrected chi connectivity index (χ4v) is 1.11. The van der Waals surface area contributed by atoms with Gasteiger partial charge in [0.1, 0.15) is 17.1 Å². The first-order valence-electron chi connectivity index (χ1n) is 4.44. The first-order valence-corrected chi connectivity index (χ1v) is 4.44. The third kappa shape index (κ3) is 3.86. The molecule has 0 heterocycles. The quantitative estimate of drug-likeness (QED) is 0.891. The number of carboxylic acid groups (broad SMARTS) is 1. The molecule has 0 aliphatic carbocycles. The van der Waals surface area contributed by atoms with Gasteiger partial charge in [-0.25, -0.2) is 4.79 Å². The Balaban J connectivity index is 2.89. The molecule has 0 spiro atoms. The maximum atomic E-state index is 11.9. The zero-order chi connectivity index (χ0) is 13.1. The van der Waals surface area contributed by atoms with E-state index in [1.807, 2.05) is 0 Å². The molecule has 0 fully saturated rings. The van der Waals surface area contributed by atoms with Crippen molar-refractivity contribution in [2.75, 3.05) is 13.7 Å². The van der Waals surface area contributed by atoms with E-state index in [1.165, 1.54) is 19.2 Å². The molecule has 0 bridgehead atoms. The van der Waals surface area contributed by atoms with E-state index in [-0.39, 0.29) is 17.1 Å². The van der Waals surface area contributed by atoms with Gasteiger partial charge in [0.25, 0.3) is 0 Å². The number of ether oxygens (including phenoxy) is 2. The van der Waals surface area contributed by atoms with Gasteiger partial charge in [0, 0.05) is 0 Å². The molecular formula is C10H9F3O4. The SMILES string of the molecule is COc1ccc(OCC(F)(F)F)cc1C(=O)O. The van der Waals surface area contributed by atoms with E-state index < -0.39 is 18.8 Å². The van der Waals surface area contributed by atoms with Gasteiger partial charge in [-0.2, -0.15) is 13.2 Å². The van der Waals surface area contributed by atoms with Gasteiger partial charge >= 0.3 is 12.1 Å². The summed E-state index contributed by atoms with van der Waals surface area (Å²) in [4.78, 5) is 10.8. The van der Waals surface area contributed by atoms with Crippen molar-refractivity contribution in [1.82, 2.24) is 0 Å². The largest absolute Gasteiger partial charge is 0.496 e. The van der Waals surface area contributed by atoms with E-state index in [2.05, 4.69) is 4.74 Å². The molecule has 0 aliphatic heterocycles. The van der Waals surface area contributed by atoms with Crippen LogP contribution in [0.3, 0.4) is 0 Å². The number of rotatable bonds is 4. The van der Waals surface area contributed by atoms with Crippen LogP contribution in [-0.2, 0) is 0 Å². The van der Waals surface area contributed by atoms with E-state index in [0.717, 1.165) is 6.07 Å². The fraction of sp³-hybridized carbons (Fsp3) is 0.300. The lowest BCUT2D eigenvalue weighted by molar-refractivity contribution is -0.153. The molecule has 1 aromatic rings. The number of halogens is 3. The zero-order valence-electron chi connectivity index (χ0n) is 8.75. The van der Waals surface area contributed by atoms with Crippen LogP contribution in [0.15, 0.2) is 18.2 Å². The van der Waals surface area contributed by atoms with E-state index in [1.54, 1.807) is 0 Å². The molecule has 0 atom stereocenters. The summed E-state index contributed by atoms with van der Waals surface area (Å²) in [6, 6.07) is 3.42. The normalized spacial score (nSPS) is 11.1. The lowest BCUT2D eigenvalue weighted by atomic mass is 10.2. The van der Waals surface area contributed by atoms with Crippen molar-refractivity contribution < 1.29 is 32.5 Å². The number of hydrogen-bond acceptors (Lipinski definition) is 3. The van der Waals surface area contributed by atoms with Crippen molar-refractivity contribution in [3.63, 3.8) is 0 Å². The Kier molecular flexibility index (Phi) is 3.82. The smallest absolute Gasteiger partial charge is 0.422 e. The summed E-state index contributed by atoms with van der Waals surface area (Å²) < 4.78 is 44.8. The predicted molar refractivity (Wildman–Crippen MR) is 51.5 cm³/mol. The zero-order valence-corrected chi connectivity index (χ0v) is 8.75. The lowest BCUT2D eigenvalue weighted by Crippen LogP contribution is -2.19. The summed E-state index contributed by atoms with van der Waals surface area (Å²) in [5.74, 6) is -1.43. The molecule has 1 rings (SSSR count). The summed E-state index contributed by atoms with van der Waals surface area (Å²) in [5, 5.41) is 8.79. The maximum Gasteiger partial charge on any atom is 0.422 e. The van der Waals surface area contributed by atoms with Crippen LogP contribution in [0.4, 0.5) is 13.2 Å². The Bertz CT molecular complexity index is 415. The van der Waals surface area contributed by atoms with Gasteiger partial charge in [0.2, 0.25) is 0 Å². The van der Waals surface area contributed by atoms with Crippen LogP contribution in [0.2, 0.25) is 0 Å². The molecule has 0 aromatic heterocycles. The third-order valence-corrected chi connectivity index (χ3v) is 1.80. The highest BCUT2D eigenvalue weighted by Crippen LogP contribution is 2.25. The molecule has 17 heavy (non-hydrogen) atoms. The molecule has 0 amide bonds. The second-order valence-electron chi connectivity index (χ2n) is 3.07. The van der Waals surface area contributed by atoms with E-state index in [9.17, 15) is 18.0 Å². The number of hydrogen-bond donors (Lipinski definition) is 1. The Morgan fingerprint density at radius 2 is 2.06 bits per heavy atom. The van der Waals surface area contributed by atoms with Crippen LogP contribution in [0.1, 0.15) is 10.4 Å². The summed E-state index contributed by atoms with van der Waals surface area (Å²) in [5.41, 5.74) is -0.257. The Morgan fingerprint density at radius 3 is 2.53 bits per heavy atom. The Hall–Kier alpha value is -1.92. The molecule has 1 N–H and O–H groups in total. The minimum atomic E-state index is -4.47. The highest BCUT2D eigenvalue weighted by atomic mass is 19.4. The van der Waals surface area contributed by atoms with Gasteiger partial charge in [0.15, 0.2) is 6.61 Å². The fourth-order valence-electron chi connectivity index (χ4n) is 1.11. The van der Waals surface area contributed by atoms with Crippen LogP contribution in [0, 0.1) is 0 Å². The van der Waals surface area contributed by atoms with Crippen molar-refractivity contribution in [2.24, 2.45) is 0 Å². The number of carbonyl (C=O) groups is 1. The number of alkyl halides is 3. The minimum absolute atomic E-state index is 0.0526. The molecule has 0 aliphatic rings. The average molecular weight is 250 g/mol. The number of carboxylic acids is 1. The van der Waals surface area contributed by atoms with Gasteiger partial charge in [-0.15, -0.1) is 0 Å². The topological polar surface area (TPSA) is 55.8 Å². The molecule has 1 aromatic carbocycles. The number of methoxy groups -OCH3 is 1. The van der Waals surface area contributed by atoms with Gasteiger partial charge in [0.05, 0.1) is 7.11 Å². The van der Waals surface area contributed by atoms with Gasteiger partial charge in [-0.1, -0.05) is 0 Å². The number of aromatic carboxylic acids is 1. The monoisotopic (exact) mass is 250 g/mol. The average Bonchev–Trinajstić information content (AvgIpc) is 2.25.